The smallest absolute Gasteiger partial charge is 0.147 e. The van der Waals surface area contributed by atoms with Crippen LogP contribution >= 0.6 is 0 Å². The van der Waals surface area contributed by atoms with Crippen LogP contribution in [-0.4, -0.2) is 5.11 Å². The fraction of sp³-hybridized carbons (Fsp3) is 0. The number of fused-ring (bicyclic) bond motifs is 3. The van der Waals surface area contributed by atoms with E-state index in [2.05, 4.69) is 140 Å². The Morgan fingerprint density at radius 3 is 1.28 bits per heavy atom. The van der Waals surface area contributed by atoms with Gasteiger partial charge in [0, 0.05) is 16.3 Å². The van der Waals surface area contributed by atoms with Gasteiger partial charge in [-0.1, -0.05) is 152 Å². The molecule has 0 fully saturated rings. The van der Waals surface area contributed by atoms with Crippen molar-refractivity contribution in [3.8, 4) is 72.5 Å². The molecule has 9 aromatic rings. The highest BCUT2D eigenvalue weighted by atomic mass is 16.3. The third-order valence-corrected chi connectivity index (χ3v) is 9.58. The molecule has 50 heavy (non-hydrogen) atoms. The number of hydrogen-bond donors (Lipinski definition) is 1. The first-order chi connectivity index (χ1) is 24.7. The zero-order chi connectivity index (χ0) is 33.4. The van der Waals surface area contributed by atoms with Gasteiger partial charge in [0.05, 0.1) is 5.56 Å². The Bertz CT molecular complexity index is 2630. The van der Waals surface area contributed by atoms with Gasteiger partial charge in [0.15, 0.2) is 0 Å². The average Bonchev–Trinajstić information content (AvgIpc) is 3.56. The zero-order valence-corrected chi connectivity index (χ0v) is 27.3. The number of hydrogen-bond acceptors (Lipinski definition) is 2. The summed E-state index contributed by atoms with van der Waals surface area (Å²) < 4.78 is 6.58. The lowest BCUT2D eigenvalue weighted by Crippen LogP contribution is -1.88. The van der Waals surface area contributed by atoms with Crippen molar-refractivity contribution in [2.75, 3.05) is 0 Å². The molecule has 0 saturated heterocycles. The predicted molar refractivity (Wildman–Crippen MR) is 208 cm³/mol. The molecule has 1 N–H and O–H groups in total. The number of rotatable bonds is 6. The van der Waals surface area contributed by atoms with E-state index in [0.29, 0.717) is 11.1 Å². The number of aromatic hydroxyl groups is 1. The molecule has 1 aromatic heterocycles. The van der Waals surface area contributed by atoms with Crippen LogP contribution in [0, 0.1) is 0 Å². The number of furan rings is 1. The largest absolute Gasteiger partial charge is 0.507 e. The van der Waals surface area contributed by atoms with Crippen molar-refractivity contribution >= 4 is 21.9 Å². The highest BCUT2D eigenvalue weighted by Crippen LogP contribution is 2.47. The fourth-order valence-corrected chi connectivity index (χ4v) is 7.06. The van der Waals surface area contributed by atoms with Crippen LogP contribution in [-0.2, 0) is 0 Å². The summed E-state index contributed by atoms with van der Waals surface area (Å²) >= 11 is 0. The van der Waals surface area contributed by atoms with E-state index >= 15 is 0 Å². The number of phenols is 1. The molecule has 0 unspecified atom stereocenters. The summed E-state index contributed by atoms with van der Waals surface area (Å²) in [7, 11) is 0. The number of benzene rings is 8. The van der Waals surface area contributed by atoms with Gasteiger partial charge in [-0.05, 0) is 92.0 Å². The standard InChI is InChI=1S/C48H32O2/c49-47-42(41-24-12-23-39(29-41)37-21-10-19-35(27-37)32-13-4-1-5-14-32)31-44-43-30-40(38-22-11-20-36(28-38)33-15-6-2-7-16-33)25-26-45(43)50-48(44)46(47)34-17-8-3-9-18-34/h1-31,49H. The Morgan fingerprint density at radius 1 is 0.320 bits per heavy atom. The van der Waals surface area contributed by atoms with Crippen LogP contribution in [0.2, 0.25) is 0 Å². The summed E-state index contributed by atoms with van der Waals surface area (Å²) in [6.07, 6.45) is 0. The second-order valence-corrected chi connectivity index (χ2v) is 12.7. The van der Waals surface area contributed by atoms with E-state index in [0.717, 1.165) is 55.3 Å². The van der Waals surface area contributed by atoms with Gasteiger partial charge in [-0.15, -0.1) is 0 Å². The van der Waals surface area contributed by atoms with E-state index in [4.69, 9.17) is 4.42 Å². The van der Waals surface area contributed by atoms with E-state index in [1.807, 2.05) is 48.5 Å². The van der Waals surface area contributed by atoms with Crippen molar-refractivity contribution in [2.24, 2.45) is 0 Å². The van der Waals surface area contributed by atoms with Crippen LogP contribution in [0.15, 0.2) is 192 Å². The van der Waals surface area contributed by atoms with E-state index < -0.39 is 0 Å². The fourth-order valence-electron chi connectivity index (χ4n) is 7.06. The first-order valence-corrected chi connectivity index (χ1v) is 16.9. The molecule has 0 atom stereocenters. The molecule has 0 bridgehead atoms. The zero-order valence-electron chi connectivity index (χ0n) is 27.3. The first kappa shape index (κ1) is 29.5. The van der Waals surface area contributed by atoms with Crippen LogP contribution in [0.5, 0.6) is 5.75 Å². The predicted octanol–water partition coefficient (Wildman–Crippen LogP) is 13.3. The molecular formula is C48H32O2. The van der Waals surface area contributed by atoms with E-state index in [1.54, 1.807) is 0 Å². The van der Waals surface area contributed by atoms with Crippen molar-refractivity contribution in [3.63, 3.8) is 0 Å². The maximum Gasteiger partial charge on any atom is 0.147 e. The molecule has 9 rings (SSSR count). The Morgan fingerprint density at radius 2 is 0.740 bits per heavy atom. The summed E-state index contributed by atoms with van der Waals surface area (Å²) in [4.78, 5) is 0. The molecule has 1 heterocycles. The van der Waals surface area contributed by atoms with Gasteiger partial charge < -0.3 is 9.52 Å². The van der Waals surface area contributed by atoms with Gasteiger partial charge in [-0.25, -0.2) is 0 Å². The molecule has 0 spiro atoms. The summed E-state index contributed by atoms with van der Waals surface area (Å²) in [6, 6.07) is 65.1. The maximum absolute atomic E-state index is 12.1. The normalized spacial score (nSPS) is 11.3. The van der Waals surface area contributed by atoms with E-state index in [-0.39, 0.29) is 5.75 Å². The monoisotopic (exact) mass is 640 g/mol. The highest BCUT2D eigenvalue weighted by Gasteiger charge is 2.21. The molecule has 0 aliphatic heterocycles. The van der Waals surface area contributed by atoms with Gasteiger partial charge in [-0.3, -0.25) is 0 Å². The van der Waals surface area contributed by atoms with Gasteiger partial charge in [0.1, 0.15) is 16.9 Å². The lowest BCUT2D eigenvalue weighted by atomic mass is 9.92. The maximum atomic E-state index is 12.1. The van der Waals surface area contributed by atoms with Crippen molar-refractivity contribution in [1.29, 1.82) is 0 Å². The summed E-state index contributed by atoms with van der Waals surface area (Å²) in [5.41, 5.74) is 13.9. The Balaban J connectivity index is 1.21. The molecule has 236 valence electrons. The van der Waals surface area contributed by atoms with Crippen LogP contribution in [0.25, 0.3) is 88.7 Å². The molecule has 0 radical (unpaired) electrons. The second kappa shape index (κ2) is 12.4. The molecule has 0 aliphatic carbocycles. The third-order valence-electron chi connectivity index (χ3n) is 9.58. The molecule has 2 nitrogen and oxygen atoms in total. The minimum Gasteiger partial charge on any atom is -0.507 e. The lowest BCUT2D eigenvalue weighted by molar-refractivity contribution is 0.479. The Kier molecular flexibility index (Phi) is 7.33. The van der Waals surface area contributed by atoms with Crippen molar-refractivity contribution < 1.29 is 9.52 Å². The molecule has 2 heteroatoms. The minimum atomic E-state index is 0.203. The summed E-state index contributed by atoms with van der Waals surface area (Å²) in [6.45, 7) is 0. The third kappa shape index (κ3) is 5.34. The molecule has 0 saturated carbocycles. The van der Waals surface area contributed by atoms with Gasteiger partial charge in [-0.2, -0.15) is 0 Å². The van der Waals surface area contributed by atoms with Gasteiger partial charge >= 0.3 is 0 Å². The van der Waals surface area contributed by atoms with Crippen LogP contribution in [0.1, 0.15) is 0 Å². The van der Waals surface area contributed by atoms with Crippen LogP contribution < -0.4 is 0 Å². The van der Waals surface area contributed by atoms with Gasteiger partial charge in [0.25, 0.3) is 0 Å². The summed E-state index contributed by atoms with van der Waals surface area (Å²) in [5.74, 6) is 0.203. The van der Waals surface area contributed by atoms with E-state index in [1.165, 1.54) is 22.3 Å². The van der Waals surface area contributed by atoms with Gasteiger partial charge in [0.2, 0.25) is 0 Å². The topological polar surface area (TPSA) is 33.4 Å². The van der Waals surface area contributed by atoms with Crippen molar-refractivity contribution in [3.05, 3.63) is 188 Å². The SMILES string of the molecule is Oc1c(-c2cccc(-c3cccc(-c4ccccc4)c3)c2)cc2c(oc3ccc(-c4cccc(-c5ccccc5)c4)cc32)c1-c1ccccc1. The van der Waals surface area contributed by atoms with Crippen molar-refractivity contribution in [2.45, 2.75) is 0 Å². The Hall–Kier alpha value is -6.64. The molecule has 0 amide bonds. The van der Waals surface area contributed by atoms with Crippen LogP contribution in [0.3, 0.4) is 0 Å². The number of phenolic OH excluding ortho intramolecular Hbond substituents is 1. The average molecular weight is 641 g/mol. The highest BCUT2D eigenvalue weighted by molar-refractivity contribution is 6.14. The molecular weight excluding hydrogens is 609 g/mol. The minimum absolute atomic E-state index is 0.203. The molecule has 0 aliphatic rings. The van der Waals surface area contributed by atoms with E-state index in [9.17, 15) is 5.11 Å². The second-order valence-electron chi connectivity index (χ2n) is 12.7. The quantitative estimate of drug-likeness (QED) is 0.196. The van der Waals surface area contributed by atoms with Crippen molar-refractivity contribution in [1.82, 2.24) is 0 Å². The Labute approximate surface area is 291 Å². The summed E-state index contributed by atoms with van der Waals surface area (Å²) in [5, 5.41) is 14.1. The van der Waals surface area contributed by atoms with Crippen LogP contribution in [0.4, 0.5) is 0 Å². The lowest BCUT2D eigenvalue weighted by Gasteiger charge is -2.13. The molecule has 8 aromatic carbocycles. The first-order valence-electron chi connectivity index (χ1n) is 16.9.